The van der Waals surface area contributed by atoms with E-state index in [1.54, 1.807) is 12.1 Å². The molecule has 10 heteroatoms. The predicted octanol–water partition coefficient (Wildman–Crippen LogP) is 14.9. The quantitative estimate of drug-likeness (QED) is 0.0892. The van der Waals surface area contributed by atoms with Gasteiger partial charge >= 0.3 is 0 Å². The number of aliphatic imine (C=N–C) groups is 1. The molecule has 1 amide bonds. The van der Waals surface area contributed by atoms with Gasteiger partial charge in [0.05, 0.1) is 23.5 Å². The van der Waals surface area contributed by atoms with Crippen LogP contribution in [0.25, 0.3) is 0 Å². The van der Waals surface area contributed by atoms with Gasteiger partial charge in [-0.3, -0.25) is 4.79 Å². The van der Waals surface area contributed by atoms with Gasteiger partial charge in [0, 0.05) is 33.3 Å². The molecule has 0 unspecified atom stereocenters. The van der Waals surface area contributed by atoms with Crippen LogP contribution in [0.3, 0.4) is 0 Å². The fourth-order valence-electron chi connectivity index (χ4n) is 6.16. The third-order valence-electron chi connectivity index (χ3n) is 9.54. The number of nitrogen functional groups attached to an aromatic ring is 1. The Hall–Kier alpha value is -5.51. The molecule has 0 saturated carbocycles. The number of hydrogen-bond acceptors (Lipinski definition) is 7. The maximum Gasteiger partial charge on any atom is 0.240 e. The number of para-hydroxylation sites is 2. The lowest BCUT2D eigenvalue weighted by atomic mass is 9.86. The lowest BCUT2D eigenvalue weighted by Crippen LogP contribution is -2.15. The van der Waals surface area contributed by atoms with E-state index < -0.39 is 0 Å². The summed E-state index contributed by atoms with van der Waals surface area (Å²) in [5.41, 5.74) is 13.4. The Balaban J connectivity index is 0.000000217. The zero-order valence-electron chi connectivity index (χ0n) is 37.6. The molecule has 63 heavy (non-hydrogen) atoms. The number of nitrogens with one attached hydrogen (secondary N) is 1. The minimum Gasteiger partial charge on any atom is -0.455 e. The molecule has 330 valence electrons. The second-order valence-corrected chi connectivity index (χ2v) is 18.9. The molecule has 3 N–H and O–H groups in total. The van der Waals surface area contributed by atoms with E-state index in [9.17, 15) is 9.59 Å². The standard InChI is InChI=1S/C25H26BrNO2.C16H18BrNO.C8H7NO.C4H8O/c1-17-9-11-18(12-10-17)15-24(28)27-21-16-19(26)13-14-23(21)29-22-8-6-5-7-20(22)25(2,3)4;1-16(2,3)12-6-4-5-7-14(12)19-15-9-8-11(17)10-13(15)18;1-7-2-4-8(5-3-7)9-6-10;1-2-4-5-3-1/h5-14,16H,15H2,1-4H3,(H,27,28);4-10H,18H2,1-3H3;2-5H,1H3;1-4H2. The number of isocyanates is 1. The zero-order chi connectivity index (χ0) is 46.0. The van der Waals surface area contributed by atoms with Gasteiger partial charge in [-0.1, -0.05) is 157 Å². The summed E-state index contributed by atoms with van der Waals surface area (Å²) in [6.45, 7) is 19.0. The van der Waals surface area contributed by atoms with Gasteiger partial charge in [-0.15, -0.1) is 0 Å². The number of ether oxygens (including phenoxy) is 3. The molecule has 6 aromatic rings. The second-order valence-electron chi connectivity index (χ2n) is 17.1. The number of rotatable bonds is 8. The van der Waals surface area contributed by atoms with Crippen LogP contribution in [0.4, 0.5) is 17.1 Å². The Morgan fingerprint density at radius 1 is 0.667 bits per heavy atom. The summed E-state index contributed by atoms with van der Waals surface area (Å²) < 4.78 is 19.0. The van der Waals surface area contributed by atoms with E-state index in [0.29, 0.717) is 35.0 Å². The first-order chi connectivity index (χ1) is 29.9. The summed E-state index contributed by atoms with van der Waals surface area (Å²) in [5, 5.41) is 3.00. The van der Waals surface area contributed by atoms with Crippen LogP contribution in [0.5, 0.6) is 23.0 Å². The van der Waals surface area contributed by atoms with Gasteiger partial charge in [0.15, 0.2) is 5.75 Å². The number of aryl methyl sites for hydroxylation is 2. The number of anilines is 2. The van der Waals surface area contributed by atoms with Crippen molar-refractivity contribution in [3.8, 4) is 23.0 Å². The average molecular weight is 978 g/mol. The average Bonchev–Trinajstić information content (AvgIpc) is 3.83. The summed E-state index contributed by atoms with van der Waals surface area (Å²) >= 11 is 6.88. The van der Waals surface area contributed by atoms with Crippen LogP contribution in [0.15, 0.2) is 147 Å². The first kappa shape index (κ1) is 50.1. The summed E-state index contributed by atoms with van der Waals surface area (Å²) in [4.78, 5) is 25.8. The maximum atomic E-state index is 12.6. The number of hydrogen-bond donors (Lipinski definition) is 2. The van der Waals surface area contributed by atoms with Gasteiger partial charge in [0.2, 0.25) is 12.0 Å². The Kier molecular flexibility index (Phi) is 19.4. The van der Waals surface area contributed by atoms with E-state index in [1.165, 1.54) is 24.5 Å². The van der Waals surface area contributed by atoms with Crippen LogP contribution in [0, 0.1) is 13.8 Å². The second kappa shape index (κ2) is 24.4. The number of halogens is 2. The highest BCUT2D eigenvalue weighted by Gasteiger charge is 2.21. The van der Waals surface area contributed by atoms with Gasteiger partial charge in [0.25, 0.3) is 0 Å². The molecule has 1 saturated heterocycles. The van der Waals surface area contributed by atoms with Crippen molar-refractivity contribution < 1.29 is 23.8 Å². The van der Waals surface area contributed by atoms with Crippen molar-refractivity contribution in [1.82, 2.24) is 0 Å². The first-order valence-electron chi connectivity index (χ1n) is 20.9. The predicted molar refractivity (Wildman–Crippen MR) is 266 cm³/mol. The Bertz CT molecular complexity index is 2420. The lowest BCUT2D eigenvalue weighted by Gasteiger charge is -2.23. The van der Waals surface area contributed by atoms with Crippen LogP contribution in [0.2, 0.25) is 0 Å². The Morgan fingerprint density at radius 2 is 1.14 bits per heavy atom. The molecule has 0 spiro atoms. The van der Waals surface area contributed by atoms with Crippen LogP contribution >= 0.6 is 31.9 Å². The molecular formula is C53H59Br2N3O5. The molecule has 0 aliphatic carbocycles. The third kappa shape index (κ3) is 17.3. The number of nitrogens with two attached hydrogens (primary N) is 1. The maximum absolute atomic E-state index is 12.6. The smallest absolute Gasteiger partial charge is 0.240 e. The Morgan fingerprint density at radius 3 is 1.62 bits per heavy atom. The molecule has 8 nitrogen and oxygen atoms in total. The van der Waals surface area contributed by atoms with E-state index >= 15 is 0 Å². The topological polar surface area (TPSA) is 112 Å². The minimum absolute atomic E-state index is 0.0285. The van der Waals surface area contributed by atoms with Crippen molar-refractivity contribution in [2.75, 3.05) is 24.3 Å². The number of amides is 1. The van der Waals surface area contributed by atoms with Gasteiger partial charge in [0.1, 0.15) is 17.2 Å². The number of carbonyl (C=O) groups is 1. The summed E-state index contributed by atoms with van der Waals surface area (Å²) in [7, 11) is 0. The highest BCUT2D eigenvalue weighted by Crippen LogP contribution is 2.39. The molecule has 1 aliphatic heterocycles. The number of benzene rings is 6. The van der Waals surface area contributed by atoms with Crippen molar-refractivity contribution in [2.45, 2.75) is 85.5 Å². The van der Waals surface area contributed by atoms with Crippen molar-refractivity contribution >= 4 is 60.9 Å². The van der Waals surface area contributed by atoms with Crippen LogP contribution < -0.4 is 20.5 Å². The third-order valence-corrected chi connectivity index (χ3v) is 10.5. The van der Waals surface area contributed by atoms with Crippen LogP contribution in [0.1, 0.15) is 82.2 Å². The molecule has 1 aliphatic rings. The molecule has 7 rings (SSSR count). The number of carbonyl (C=O) groups excluding carboxylic acids is 2. The van der Waals surface area contributed by atoms with E-state index in [4.69, 9.17) is 19.9 Å². The molecule has 0 aromatic heterocycles. The normalized spacial score (nSPS) is 11.8. The lowest BCUT2D eigenvalue weighted by molar-refractivity contribution is -0.115. The van der Waals surface area contributed by atoms with E-state index in [1.807, 2.05) is 123 Å². The SMILES string of the molecule is C1CCOC1.CC(C)(C)c1ccccc1Oc1ccc(Br)cc1N.Cc1ccc(CC(=O)Nc2cc(Br)ccc2Oc2ccccc2C(C)(C)C)cc1.Cc1ccc(N=C=O)cc1. The number of nitrogens with zero attached hydrogens (tertiary/aromatic N) is 1. The first-order valence-corrected chi connectivity index (χ1v) is 22.5. The van der Waals surface area contributed by atoms with E-state index in [2.05, 4.69) is 95.8 Å². The van der Waals surface area contributed by atoms with Crippen LogP contribution in [-0.4, -0.2) is 25.2 Å². The minimum atomic E-state index is -0.0825. The van der Waals surface area contributed by atoms with Crippen molar-refractivity contribution in [3.63, 3.8) is 0 Å². The monoisotopic (exact) mass is 975 g/mol. The van der Waals surface area contributed by atoms with E-state index in [0.717, 1.165) is 55.9 Å². The van der Waals surface area contributed by atoms with Crippen molar-refractivity contribution in [3.05, 3.63) is 170 Å². The molecule has 0 bridgehead atoms. The fraction of sp³-hybridized carbons (Fsp3) is 0.283. The molecular weight excluding hydrogens is 918 g/mol. The largest absolute Gasteiger partial charge is 0.455 e. The summed E-state index contributed by atoms with van der Waals surface area (Å²) in [5.74, 6) is 2.85. The molecule has 1 heterocycles. The van der Waals surface area contributed by atoms with Gasteiger partial charge in [-0.25, -0.2) is 4.79 Å². The van der Waals surface area contributed by atoms with Gasteiger partial charge in [-0.05, 0) is 104 Å². The fourth-order valence-corrected chi connectivity index (χ4v) is 6.90. The van der Waals surface area contributed by atoms with Crippen molar-refractivity contribution in [1.29, 1.82) is 0 Å². The molecule has 0 radical (unpaired) electrons. The molecule has 1 fully saturated rings. The Labute approximate surface area is 390 Å². The van der Waals surface area contributed by atoms with Gasteiger partial charge in [-0.2, -0.15) is 4.99 Å². The summed E-state index contributed by atoms with van der Waals surface area (Å²) in [6, 6.07) is 42.7. The van der Waals surface area contributed by atoms with Gasteiger partial charge < -0.3 is 25.3 Å². The van der Waals surface area contributed by atoms with Crippen molar-refractivity contribution in [2.24, 2.45) is 4.99 Å². The summed E-state index contributed by atoms with van der Waals surface area (Å²) in [6.07, 6.45) is 4.34. The molecule has 6 aromatic carbocycles. The highest BCUT2D eigenvalue weighted by atomic mass is 79.9. The molecule has 0 atom stereocenters. The van der Waals surface area contributed by atoms with Crippen LogP contribution in [-0.2, 0) is 31.6 Å². The zero-order valence-corrected chi connectivity index (χ0v) is 40.7. The highest BCUT2D eigenvalue weighted by molar-refractivity contribution is 9.10. The van der Waals surface area contributed by atoms with E-state index in [-0.39, 0.29) is 16.7 Å².